The molecule has 1 aromatic rings. The van der Waals surface area contributed by atoms with Crippen molar-refractivity contribution in [2.45, 2.75) is 26.8 Å². The number of ether oxygens (including phenoxy) is 2. The number of nitrogens with zero attached hydrogens (tertiary/aromatic N) is 3. The van der Waals surface area contributed by atoms with Crippen LogP contribution in [0.15, 0.2) is 24.3 Å². The number of carbonyl (C=O) groups is 3. The molecule has 2 rings (SSSR count). The quantitative estimate of drug-likeness (QED) is 0.707. The molecule has 1 aromatic carbocycles. The predicted molar refractivity (Wildman–Crippen MR) is 104 cm³/mol. The molecule has 1 heterocycles. The number of carbonyl (C=O) groups excluding carboxylic acids is 3. The standard InChI is InChI=1S/C20H29N3O5/c1-4-28-20(26)22-13-11-21(12-14-22)19(25)9-10-23(16(2)24)15-17-5-7-18(27-3)8-6-17/h5-8H,4,9-15H2,1-3H3. The molecular weight excluding hydrogens is 362 g/mol. The summed E-state index contributed by atoms with van der Waals surface area (Å²) in [6.07, 6.45) is -0.0772. The number of amides is 3. The monoisotopic (exact) mass is 391 g/mol. The molecule has 1 aliphatic rings. The van der Waals surface area contributed by atoms with Gasteiger partial charge in [0.25, 0.3) is 0 Å². The molecule has 0 atom stereocenters. The molecule has 0 aromatic heterocycles. The molecule has 0 radical (unpaired) electrons. The van der Waals surface area contributed by atoms with Crippen LogP contribution in [0.5, 0.6) is 5.75 Å². The van der Waals surface area contributed by atoms with Crippen LogP contribution in [0.1, 0.15) is 25.8 Å². The molecular formula is C20H29N3O5. The fraction of sp³-hybridized carbons (Fsp3) is 0.550. The van der Waals surface area contributed by atoms with E-state index in [1.54, 1.807) is 28.7 Å². The predicted octanol–water partition coefficient (Wildman–Crippen LogP) is 1.73. The van der Waals surface area contributed by atoms with Crippen molar-refractivity contribution in [3.05, 3.63) is 29.8 Å². The highest BCUT2D eigenvalue weighted by Gasteiger charge is 2.25. The number of hydrogen-bond donors (Lipinski definition) is 0. The lowest BCUT2D eigenvalue weighted by Crippen LogP contribution is -2.51. The first-order valence-electron chi connectivity index (χ1n) is 9.52. The van der Waals surface area contributed by atoms with E-state index in [1.807, 2.05) is 24.3 Å². The lowest BCUT2D eigenvalue weighted by molar-refractivity contribution is -0.134. The summed E-state index contributed by atoms with van der Waals surface area (Å²) in [5.74, 6) is 0.676. The van der Waals surface area contributed by atoms with Gasteiger partial charge in [0.1, 0.15) is 5.75 Å². The SMILES string of the molecule is CCOC(=O)N1CCN(C(=O)CCN(Cc2ccc(OC)cc2)C(C)=O)CC1. The van der Waals surface area contributed by atoms with Gasteiger partial charge >= 0.3 is 6.09 Å². The Morgan fingerprint density at radius 3 is 2.18 bits per heavy atom. The van der Waals surface area contributed by atoms with Gasteiger partial charge in [0.15, 0.2) is 0 Å². The van der Waals surface area contributed by atoms with Crippen LogP contribution >= 0.6 is 0 Å². The van der Waals surface area contributed by atoms with Crippen LogP contribution in [0, 0.1) is 0 Å². The average Bonchev–Trinajstić information content (AvgIpc) is 2.71. The second kappa shape index (κ2) is 10.5. The molecule has 28 heavy (non-hydrogen) atoms. The van der Waals surface area contributed by atoms with Gasteiger partial charge in [-0.05, 0) is 24.6 Å². The molecule has 0 N–H and O–H groups in total. The highest BCUT2D eigenvalue weighted by molar-refractivity contribution is 5.78. The average molecular weight is 391 g/mol. The topological polar surface area (TPSA) is 79.4 Å². The Morgan fingerprint density at radius 2 is 1.64 bits per heavy atom. The Hall–Kier alpha value is -2.77. The van der Waals surface area contributed by atoms with E-state index in [4.69, 9.17) is 9.47 Å². The summed E-state index contributed by atoms with van der Waals surface area (Å²) >= 11 is 0. The summed E-state index contributed by atoms with van der Waals surface area (Å²) in [6.45, 7) is 6.32. The summed E-state index contributed by atoms with van der Waals surface area (Å²) in [6, 6.07) is 7.51. The molecule has 8 heteroatoms. The van der Waals surface area contributed by atoms with Gasteiger partial charge in [-0.3, -0.25) is 9.59 Å². The first kappa shape index (κ1) is 21.5. The van der Waals surface area contributed by atoms with E-state index in [0.29, 0.717) is 45.9 Å². The van der Waals surface area contributed by atoms with E-state index < -0.39 is 0 Å². The Balaban J connectivity index is 1.82. The molecule has 0 aliphatic carbocycles. The van der Waals surface area contributed by atoms with E-state index in [2.05, 4.69) is 0 Å². The smallest absolute Gasteiger partial charge is 0.409 e. The maximum Gasteiger partial charge on any atom is 0.409 e. The molecule has 0 unspecified atom stereocenters. The van der Waals surface area contributed by atoms with Gasteiger partial charge in [0, 0.05) is 52.6 Å². The van der Waals surface area contributed by atoms with Crippen molar-refractivity contribution >= 4 is 17.9 Å². The molecule has 0 spiro atoms. The molecule has 3 amide bonds. The zero-order valence-corrected chi connectivity index (χ0v) is 16.8. The van der Waals surface area contributed by atoms with E-state index in [1.165, 1.54) is 6.92 Å². The molecule has 0 bridgehead atoms. The van der Waals surface area contributed by atoms with E-state index in [9.17, 15) is 14.4 Å². The maximum absolute atomic E-state index is 12.5. The van der Waals surface area contributed by atoms with Crippen LogP contribution in [0.3, 0.4) is 0 Å². The van der Waals surface area contributed by atoms with Gasteiger partial charge < -0.3 is 24.2 Å². The van der Waals surface area contributed by atoms with Gasteiger partial charge in [0.2, 0.25) is 11.8 Å². The second-order valence-corrected chi connectivity index (χ2v) is 6.61. The largest absolute Gasteiger partial charge is 0.497 e. The molecule has 8 nitrogen and oxygen atoms in total. The summed E-state index contributed by atoms with van der Waals surface area (Å²) in [4.78, 5) is 41.2. The van der Waals surface area contributed by atoms with Crippen molar-refractivity contribution < 1.29 is 23.9 Å². The van der Waals surface area contributed by atoms with E-state index >= 15 is 0 Å². The summed E-state index contributed by atoms with van der Waals surface area (Å²) in [5, 5.41) is 0. The van der Waals surface area contributed by atoms with Crippen molar-refractivity contribution in [2.24, 2.45) is 0 Å². The van der Waals surface area contributed by atoms with E-state index in [0.717, 1.165) is 11.3 Å². The number of methoxy groups -OCH3 is 1. The minimum atomic E-state index is -0.336. The Morgan fingerprint density at radius 1 is 1.04 bits per heavy atom. The van der Waals surface area contributed by atoms with Gasteiger partial charge in [-0.1, -0.05) is 12.1 Å². The van der Waals surface area contributed by atoms with Crippen LogP contribution in [0.2, 0.25) is 0 Å². The summed E-state index contributed by atoms with van der Waals surface area (Å²) in [7, 11) is 1.61. The first-order valence-corrected chi connectivity index (χ1v) is 9.52. The third-order valence-electron chi connectivity index (χ3n) is 4.73. The summed E-state index contributed by atoms with van der Waals surface area (Å²) in [5.41, 5.74) is 0.978. The first-order chi connectivity index (χ1) is 13.4. The fourth-order valence-corrected chi connectivity index (χ4v) is 3.04. The van der Waals surface area contributed by atoms with Crippen molar-refractivity contribution in [1.82, 2.24) is 14.7 Å². The van der Waals surface area contributed by atoms with Gasteiger partial charge in [-0.2, -0.15) is 0 Å². The van der Waals surface area contributed by atoms with Crippen molar-refractivity contribution in [3.63, 3.8) is 0 Å². The fourth-order valence-electron chi connectivity index (χ4n) is 3.04. The Bertz CT molecular complexity index is 669. The zero-order valence-electron chi connectivity index (χ0n) is 16.8. The summed E-state index contributed by atoms with van der Waals surface area (Å²) < 4.78 is 10.1. The molecule has 1 fully saturated rings. The highest BCUT2D eigenvalue weighted by Crippen LogP contribution is 2.14. The minimum absolute atomic E-state index is 0.00973. The van der Waals surface area contributed by atoms with Crippen LogP contribution in [0.4, 0.5) is 4.79 Å². The molecule has 154 valence electrons. The van der Waals surface area contributed by atoms with Crippen molar-refractivity contribution in [1.29, 1.82) is 0 Å². The molecule has 1 aliphatic heterocycles. The zero-order chi connectivity index (χ0) is 20.5. The number of rotatable bonds is 7. The van der Waals surface area contributed by atoms with Gasteiger partial charge in [0.05, 0.1) is 13.7 Å². The van der Waals surface area contributed by atoms with Gasteiger partial charge in [-0.25, -0.2) is 4.79 Å². The Labute approximate surface area is 166 Å². The lowest BCUT2D eigenvalue weighted by atomic mass is 10.2. The molecule has 1 saturated heterocycles. The number of hydrogen-bond acceptors (Lipinski definition) is 5. The Kier molecular flexibility index (Phi) is 8.10. The number of piperazine rings is 1. The van der Waals surface area contributed by atoms with Crippen LogP contribution < -0.4 is 4.74 Å². The minimum Gasteiger partial charge on any atom is -0.497 e. The van der Waals surface area contributed by atoms with E-state index in [-0.39, 0.29) is 24.3 Å². The molecule has 0 saturated carbocycles. The van der Waals surface area contributed by atoms with Crippen LogP contribution in [0.25, 0.3) is 0 Å². The van der Waals surface area contributed by atoms with Crippen molar-refractivity contribution in [3.8, 4) is 5.75 Å². The third kappa shape index (κ3) is 6.14. The normalized spacial score (nSPS) is 13.8. The number of benzene rings is 1. The van der Waals surface area contributed by atoms with Crippen LogP contribution in [-0.2, 0) is 20.9 Å². The maximum atomic E-state index is 12.5. The lowest BCUT2D eigenvalue weighted by Gasteiger charge is -2.34. The third-order valence-corrected chi connectivity index (χ3v) is 4.73. The second-order valence-electron chi connectivity index (χ2n) is 6.61. The van der Waals surface area contributed by atoms with Gasteiger partial charge in [-0.15, -0.1) is 0 Å². The van der Waals surface area contributed by atoms with Crippen LogP contribution in [-0.4, -0.2) is 79.0 Å². The highest BCUT2D eigenvalue weighted by atomic mass is 16.6. The van der Waals surface area contributed by atoms with Crippen molar-refractivity contribution in [2.75, 3.05) is 46.4 Å².